The van der Waals surface area contributed by atoms with Crippen molar-refractivity contribution in [1.29, 1.82) is 0 Å². The van der Waals surface area contributed by atoms with Gasteiger partial charge >= 0.3 is 0 Å². The highest BCUT2D eigenvalue weighted by atomic mass is 16.2. The molecule has 0 spiro atoms. The SMILES string of the molecule is C[C@@H]1[C@H](C)CCC[C@@H]1N[C@@H]1CC(=O)N(c2ccccc2)C1=O. The molecule has 1 saturated carbocycles. The number of benzene rings is 1. The highest BCUT2D eigenvalue weighted by Gasteiger charge is 2.41. The number of anilines is 1. The summed E-state index contributed by atoms with van der Waals surface area (Å²) in [5.74, 6) is 0.998. The summed E-state index contributed by atoms with van der Waals surface area (Å²) in [6.07, 6.45) is 3.81. The zero-order chi connectivity index (χ0) is 15.7. The average Bonchev–Trinajstić information content (AvgIpc) is 2.79. The van der Waals surface area contributed by atoms with Crippen LogP contribution in [0.25, 0.3) is 0 Å². The maximum absolute atomic E-state index is 12.6. The molecule has 0 aromatic heterocycles. The molecule has 22 heavy (non-hydrogen) atoms. The van der Waals surface area contributed by atoms with Crippen LogP contribution in [-0.2, 0) is 9.59 Å². The molecule has 0 radical (unpaired) electrons. The second kappa shape index (κ2) is 6.21. The van der Waals surface area contributed by atoms with Gasteiger partial charge in [0, 0.05) is 6.04 Å². The smallest absolute Gasteiger partial charge is 0.251 e. The van der Waals surface area contributed by atoms with Crippen LogP contribution < -0.4 is 10.2 Å². The molecule has 1 aliphatic carbocycles. The van der Waals surface area contributed by atoms with E-state index in [9.17, 15) is 9.59 Å². The van der Waals surface area contributed by atoms with Crippen molar-refractivity contribution in [3.8, 4) is 0 Å². The first-order valence-corrected chi connectivity index (χ1v) is 8.26. The lowest BCUT2D eigenvalue weighted by Crippen LogP contribution is -2.48. The van der Waals surface area contributed by atoms with E-state index in [4.69, 9.17) is 0 Å². The number of para-hydroxylation sites is 1. The Morgan fingerprint density at radius 2 is 1.82 bits per heavy atom. The number of carbonyl (C=O) groups is 2. The third-order valence-corrected chi connectivity index (χ3v) is 5.28. The number of imide groups is 1. The van der Waals surface area contributed by atoms with E-state index >= 15 is 0 Å². The first kappa shape index (κ1) is 15.2. The number of nitrogens with zero attached hydrogens (tertiary/aromatic N) is 1. The number of carbonyl (C=O) groups excluding carboxylic acids is 2. The lowest BCUT2D eigenvalue weighted by Gasteiger charge is -2.36. The van der Waals surface area contributed by atoms with Gasteiger partial charge in [0.05, 0.1) is 18.2 Å². The van der Waals surface area contributed by atoms with Crippen LogP contribution in [0.5, 0.6) is 0 Å². The molecule has 1 aromatic rings. The first-order chi connectivity index (χ1) is 10.6. The Labute approximate surface area is 131 Å². The van der Waals surface area contributed by atoms with Crippen molar-refractivity contribution < 1.29 is 9.59 Å². The maximum Gasteiger partial charge on any atom is 0.251 e. The van der Waals surface area contributed by atoms with Crippen LogP contribution in [-0.4, -0.2) is 23.9 Å². The molecule has 1 aromatic carbocycles. The Balaban J connectivity index is 1.72. The number of rotatable bonds is 3. The fourth-order valence-corrected chi connectivity index (χ4v) is 3.69. The minimum absolute atomic E-state index is 0.106. The van der Waals surface area contributed by atoms with Gasteiger partial charge in [-0.1, -0.05) is 44.9 Å². The Morgan fingerprint density at radius 3 is 2.55 bits per heavy atom. The van der Waals surface area contributed by atoms with Gasteiger partial charge in [-0.3, -0.25) is 9.59 Å². The summed E-state index contributed by atoms with van der Waals surface area (Å²) in [7, 11) is 0. The van der Waals surface area contributed by atoms with Gasteiger partial charge in [0.15, 0.2) is 0 Å². The summed E-state index contributed by atoms with van der Waals surface area (Å²) >= 11 is 0. The van der Waals surface area contributed by atoms with E-state index < -0.39 is 0 Å². The zero-order valence-corrected chi connectivity index (χ0v) is 13.3. The van der Waals surface area contributed by atoms with E-state index in [1.54, 1.807) is 0 Å². The molecule has 1 aliphatic heterocycles. The highest BCUT2D eigenvalue weighted by molar-refractivity contribution is 6.22. The van der Waals surface area contributed by atoms with Crippen LogP contribution in [0.15, 0.2) is 30.3 Å². The van der Waals surface area contributed by atoms with Crippen LogP contribution in [0.2, 0.25) is 0 Å². The zero-order valence-electron chi connectivity index (χ0n) is 13.3. The fourth-order valence-electron chi connectivity index (χ4n) is 3.69. The molecule has 4 heteroatoms. The van der Waals surface area contributed by atoms with Crippen molar-refractivity contribution >= 4 is 17.5 Å². The van der Waals surface area contributed by atoms with Gasteiger partial charge in [0.1, 0.15) is 0 Å². The van der Waals surface area contributed by atoms with Crippen LogP contribution in [0.1, 0.15) is 39.5 Å². The quantitative estimate of drug-likeness (QED) is 0.873. The van der Waals surface area contributed by atoms with Gasteiger partial charge < -0.3 is 5.32 Å². The second-order valence-corrected chi connectivity index (χ2v) is 6.70. The molecule has 2 aliphatic rings. The molecule has 1 saturated heterocycles. The molecule has 1 N–H and O–H groups in total. The molecular formula is C18H24N2O2. The first-order valence-electron chi connectivity index (χ1n) is 8.26. The Kier molecular flexibility index (Phi) is 4.30. The van der Waals surface area contributed by atoms with E-state index in [-0.39, 0.29) is 24.3 Å². The topological polar surface area (TPSA) is 49.4 Å². The summed E-state index contributed by atoms with van der Waals surface area (Å²) in [6, 6.07) is 9.16. The predicted molar refractivity (Wildman–Crippen MR) is 86.4 cm³/mol. The van der Waals surface area contributed by atoms with Crippen molar-refractivity contribution in [1.82, 2.24) is 5.32 Å². The second-order valence-electron chi connectivity index (χ2n) is 6.70. The van der Waals surface area contributed by atoms with Crippen molar-refractivity contribution in [2.75, 3.05) is 4.90 Å². The molecule has 0 bridgehead atoms. The van der Waals surface area contributed by atoms with Crippen molar-refractivity contribution in [2.24, 2.45) is 11.8 Å². The summed E-state index contributed by atoms with van der Waals surface area (Å²) in [5, 5.41) is 3.47. The molecule has 3 rings (SSSR count). The van der Waals surface area contributed by atoms with Crippen molar-refractivity contribution in [3.63, 3.8) is 0 Å². The molecule has 4 nitrogen and oxygen atoms in total. The van der Waals surface area contributed by atoms with E-state index in [0.29, 0.717) is 23.6 Å². The Bertz CT molecular complexity index is 557. The van der Waals surface area contributed by atoms with E-state index in [1.165, 1.54) is 17.7 Å². The third kappa shape index (κ3) is 2.80. The fraction of sp³-hybridized carbons (Fsp3) is 0.556. The van der Waals surface area contributed by atoms with Gasteiger partial charge in [-0.15, -0.1) is 0 Å². The van der Waals surface area contributed by atoms with Crippen LogP contribution in [0, 0.1) is 11.8 Å². The molecule has 118 valence electrons. The molecule has 2 amide bonds. The van der Waals surface area contributed by atoms with E-state index in [1.807, 2.05) is 30.3 Å². The van der Waals surface area contributed by atoms with Gasteiger partial charge in [0.2, 0.25) is 5.91 Å². The minimum atomic E-state index is -0.370. The largest absolute Gasteiger partial charge is 0.302 e. The molecule has 4 atom stereocenters. The summed E-state index contributed by atoms with van der Waals surface area (Å²) in [5.41, 5.74) is 0.673. The van der Waals surface area contributed by atoms with E-state index in [0.717, 1.165) is 6.42 Å². The number of nitrogens with one attached hydrogen (secondary N) is 1. The van der Waals surface area contributed by atoms with Gasteiger partial charge in [-0.25, -0.2) is 4.90 Å². The normalized spacial score (nSPS) is 32.5. The lowest BCUT2D eigenvalue weighted by molar-refractivity contribution is -0.121. The monoisotopic (exact) mass is 300 g/mol. The minimum Gasteiger partial charge on any atom is -0.302 e. The van der Waals surface area contributed by atoms with Crippen LogP contribution in [0.3, 0.4) is 0 Å². The van der Waals surface area contributed by atoms with Gasteiger partial charge in [-0.05, 0) is 30.4 Å². The average molecular weight is 300 g/mol. The van der Waals surface area contributed by atoms with Crippen LogP contribution in [0.4, 0.5) is 5.69 Å². The van der Waals surface area contributed by atoms with Crippen molar-refractivity contribution in [2.45, 2.75) is 51.6 Å². The summed E-state index contributed by atoms with van der Waals surface area (Å²) < 4.78 is 0. The van der Waals surface area contributed by atoms with E-state index in [2.05, 4.69) is 19.2 Å². The molecule has 2 fully saturated rings. The molecule has 0 unspecified atom stereocenters. The maximum atomic E-state index is 12.6. The summed E-state index contributed by atoms with van der Waals surface area (Å²) in [4.78, 5) is 26.2. The Morgan fingerprint density at radius 1 is 1.09 bits per heavy atom. The number of hydrogen-bond donors (Lipinski definition) is 1. The van der Waals surface area contributed by atoms with Gasteiger partial charge in [0.25, 0.3) is 5.91 Å². The predicted octanol–water partition coefficient (Wildman–Crippen LogP) is 2.73. The summed E-state index contributed by atoms with van der Waals surface area (Å²) in [6.45, 7) is 4.52. The molecule has 1 heterocycles. The van der Waals surface area contributed by atoms with Crippen molar-refractivity contribution in [3.05, 3.63) is 30.3 Å². The highest BCUT2D eigenvalue weighted by Crippen LogP contribution is 2.31. The molecular weight excluding hydrogens is 276 g/mol. The lowest BCUT2D eigenvalue weighted by atomic mass is 9.78. The Hall–Kier alpha value is -1.68. The standard InChI is InChI=1S/C18H24N2O2/c1-12-7-6-10-15(13(12)2)19-16-11-17(21)20(18(16)22)14-8-4-3-5-9-14/h3-5,8-9,12-13,15-16,19H,6-7,10-11H2,1-2H3/t12-,13-,15+,16-/m1/s1. The third-order valence-electron chi connectivity index (χ3n) is 5.28. The van der Waals surface area contributed by atoms with Gasteiger partial charge in [-0.2, -0.15) is 0 Å². The van der Waals surface area contributed by atoms with Crippen LogP contribution >= 0.6 is 0 Å². The number of hydrogen-bond acceptors (Lipinski definition) is 3. The number of amides is 2.